The van der Waals surface area contributed by atoms with Crippen molar-refractivity contribution >= 4 is 10.8 Å². The van der Waals surface area contributed by atoms with Crippen LogP contribution in [0.4, 0.5) is 0 Å². The van der Waals surface area contributed by atoms with Crippen LogP contribution < -0.4 is 5.32 Å². The fourth-order valence-electron chi connectivity index (χ4n) is 2.13. The van der Waals surface area contributed by atoms with Crippen LogP contribution in [0.1, 0.15) is 12.5 Å². The monoisotopic (exact) mass is 259 g/mol. The van der Waals surface area contributed by atoms with Gasteiger partial charge in [0, 0.05) is 19.7 Å². The van der Waals surface area contributed by atoms with Crippen LogP contribution in [0.25, 0.3) is 10.8 Å². The van der Waals surface area contributed by atoms with Crippen molar-refractivity contribution in [2.24, 2.45) is 0 Å². The van der Waals surface area contributed by atoms with Crippen LogP contribution in [0.5, 0.6) is 0 Å². The Hall–Kier alpha value is -1.42. The van der Waals surface area contributed by atoms with Gasteiger partial charge in [-0.15, -0.1) is 0 Å². The van der Waals surface area contributed by atoms with E-state index in [1.54, 1.807) is 0 Å². The van der Waals surface area contributed by atoms with Gasteiger partial charge < -0.3 is 15.2 Å². The highest BCUT2D eigenvalue weighted by Gasteiger charge is 2.04. The molecule has 102 valence electrons. The SMILES string of the molecule is CCOCC(O)CNCc1cccc2ccccc12. The summed E-state index contributed by atoms with van der Waals surface area (Å²) in [5.74, 6) is 0. The van der Waals surface area contributed by atoms with E-state index in [1.165, 1.54) is 16.3 Å². The Labute approximate surface area is 114 Å². The zero-order valence-electron chi connectivity index (χ0n) is 11.3. The van der Waals surface area contributed by atoms with E-state index in [-0.39, 0.29) is 0 Å². The molecule has 2 N–H and O–H groups in total. The highest BCUT2D eigenvalue weighted by Crippen LogP contribution is 2.18. The van der Waals surface area contributed by atoms with E-state index < -0.39 is 6.10 Å². The Balaban J connectivity index is 1.91. The van der Waals surface area contributed by atoms with Crippen LogP contribution in [0, 0.1) is 0 Å². The van der Waals surface area contributed by atoms with Crippen molar-refractivity contribution in [2.45, 2.75) is 19.6 Å². The van der Waals surface area contributed by atoms with Gasteiger partial charge in [-0.2, -0.15) is 0 Å². The summed E-state index contributed by atoms with van der Waals surface area (Å²) in [5, 5.41) is 15.5. The first-order valence-corrected chi connectivity index (χ1v) is 6.74. The number of hydrogen-bond donors (Lipinski definition) is 2. The zero-order chi connectivity index (χ0) is 13.5. The van der Waals surface area contributed by atoms with E-state index in [9.17, 15) is 5.11 Å². The molecule has 0 radical (unpaired) electrons. The van der Waals surface area contributed by atoms with Gasteiger partial charge >= 0.3 is 0 Å². The number of aliphatic hydroxyl groups is 1. The zero-order valence-corrected chi connectivity index (χ0v) is 11.3. The third-order valence-corrected chi connectivity index (χ3v) is 3.09. The number of rotatable bonds is 7. The molecule has 0 bridgehead atoms. The Kier molecular flexibility index (Phi) is 5.33. The molecule has 0 aliphatic rings. The number of hydrogen-bond acceptors (Lipinski definition) is 3. The number of fused-ring (bicyclic) bond motifs is 1. The Bertz CT molecular complexity index is 508. The number of aliphatic hydroxyl groups excluding tert-OH is 1. The molecule has 3 heteroatoms. The molecule has 19 heavy (non-hydrogen) atoms. The molecule has 1 atom stereocenters. The molecule has 3 nitrogen and oxygen atoms in total. The summed E-state index contributed by atoms with van der Waals surface area (Å²) in [6.45, 7) is 4.25. The van der Waals surface area contributed by atoms with E-state index in [1.807, 2.05) is 13.0 Å². The Morgan fingerprint density at radius 2 is 1.95 bits per heavy atom. The first kappa shape index (κ1) is 14.0. The van der Waals surface area contributed by atoms with Gasteiger partial charge in [0.1, 0.15) is 0 Å². The highest BCUT2D eigenvalue weighted by atomic mass is 16.5. The molecule has 0 fully saturated rings. The molecule has 0 aromatic heterocycles. The molecule has 0 aliphatic heterocycles. The van der Waals surface area contributed by atoms with Crippen molar-refractivity contribution < 1.29 is 9.84 Å². The van der Waals surface area contributed by atoms with Crippen molar-refractivity contribution in [3.05, 3.63) is 48.0 Å². The van der Waals surface area contributed by atoms with Crippen LogP contribution in [-0.4, -0.2) is 31.0 Å². The van der Waals surface area contributed by atoms with E-state index in [0.717, 1.165) is 6.54 Å². The summed E-state index contributed by atoms with van der Waals surface area (Å²) in [6.07, 6.45) is -0.449. The van der Waals surface area contributed by atoms with Gasteiger partial charge in [0.2, 0.25) is 0 Å². The molecule has 0 saturated carbocycles. The van der Waals surface area contributed by atoms with E-state index in [0.29, 0.717) is 19.8 Å². The smallest absolute Gasteiger partial charge is 0.0897 e. The van der Waals surface area contributed by atoms with Crippen LogP contribution in [0.15, 0.2) is 42.5 Å². The topological polar surface area (TPSA) is 41.5 Å². The van der Waals surface area contributed by atoms with Crippen molar-refractivity contribution in [1.82, 2.24) is 5.32 Å². The predicted octanol–water partition coefficient (Wildman–Crippen LogP) is 2.33. The average molecular weight is 259 g/mol. The summed E-state index contributed by atoms with van der Waals surface area (Å²) in [4.78, 5) is 0. The molecule has 0 heterocycles. The summed E-state index contributed by atoms with van der Waals surface area (Å²) in [5.41, 5.74) is 1.25. The fraction of sp³-hybridized carbons (Fsp3) is 0.375. The van der Waals surface area contributed by atoms with Crippen LogP contribution >= 0.6 is 0 Å². The summed E-state index contributed by atoms with van der Waals surface area (Å²) < 4.78 is 5.18. The molecular weight excluding hydrogens is 238 g/mol. The molecule has 2 rings (SSSR count). The molecular formula is C16H21NO2. The fourth-order valence-corrected chi connectivity index (χ4v) is 2.13. The minimum Gasteiger partial charge on any atom is -0.389 e. The van der Waals surface area contributed by atoms with E-state index >= 15 is 0 Å². The second-order valence-corrected chi connectivity index (χ2v) is 4.58. The van der Waals surface area contributed by atoms with Gasteiger partial charge in [-0.3, -0.25) is 0 Å². The lowest BCUT2D eigenvalue weighted by Crippen LogP contribution is -2.30. The summed E-state index contributed by atoms with van der Waals surface area (Å²) in [6, 6.07) is 14.6. The number of ether oxygens (including phenoxy) is 1. The lowest BCUT2D eigenvalue weighted by atomic mass is 10.0. The van der Waals surface area contributed by atoms with Crippen LogP contribution in [-0.2, 0) is 11.3 Å². The maximum absolute atomic E-state index is 9.68. The minimum atomic E-state index is -0.449. The lowest BCUT2D eigenvalue weighted by Gasteiger charge is -2.12. The normalized spacial score (nSPS) is 12.7. The minimum absolute atomic E-state index is 0.388. The maximum atomic E-state index is 9.68. The molecule has 2 aromatic carbocycles. The quantitative estimate of drug-likeness (QED) is 0.802. The van der Waals surface area contributed by atoms with E-state index in [4.69, 9.17) is 4.74 Å². The molecule has 0 amide bonds. The molecule has 0 spiro atoms. The lowest BCUT2D eigenvalue weighted by molar-refractivity contribution is 0.0427. The Morgan fingerprint density at radius 3 is 2.79 bits per heavy atom. The third kappa shape index (κ3) is 4.03. The first-order chi connectivity index (χ1) is 9.31. The van der Waals surface area contributed by atoms with Gasteiger partial charge in [-0.25, -0.2) is 0 Å². The van der Waals surface area contributed by atoms with Crippen molar-refractivity contribution in [3.63, 3.8) is 0 Å². The molecule has 0 saturated heterocycles. The van der Waals surface area contributed by atoms with Gasteiger partial charge in [-0.1, -0.05) is 42.5 Å². The van der Waals surface area contributed by atoms with Gasteiger partial charge in [0.25, 0.3) is 0 Å². The standard InChI is InChI=1S/C16H21NO2/c1-2-19-12-15(18)11-17-10-14-8-5-7-13-6-3-4-9-16(13)14/h3-9,15,17-18H,2,10-12H2,1H3. The first-order valence-electron chi connectivity index (χ1n) is 6.74. The predicted molar refractivity (Wildman–Crippen MR) is 78.2 cm³/mol. The van der Waals surface area contributed by atoms with Crippen LogP contribution in [0.3, 0.4) is 0 Å². The Morgan fingerprint density at radius 1 is 1.16 bits per heavy atom. The summed E-state index contributed by atoms with van der Waals surface area (Å²) in [7, 11) is 0. The number of benzene rings is 2. The number of nitrogens with one attached hydrogen (secondary N) is 1. The molecule has 0 aliphatic carbocycles. The van der Waals surface area contributed by atoms with Crippen molar-refractivity contribution in [2.75, 3.05) is 19.8 Å². The summed E-state index contributed by atoms with van der Waals surface area (Å²) >= 11 is 0. The molecule has 1 unspecified atom stereocenters. The van der Waals surface area contributed by atoms with Gasteiger partial charge in [-0.05, 0) is 23.3 Å². The van der Waals surface area contributed by atoms with Gasteiger partial charge in [0.15, 0.2) is 0 Å². The molecule has 2 aromatic rings. The second kappa shape index (κ2) is 7.24. The maximum Gasteiger partial charge on any atom is 0.0897 e. The second-order valence-electron chi connectivity index (χ2n) is 4.58. The van der Waals surface area contributed by atoms with E-state index in [2.05, 4.69) is 41.7 Å². The highest BCUT2D eigenvalue weighted by molar-refractivity contribution is 5.85. The van der Waals surface area contributed by atoms with Gasteiger partial charge in [0.05, 0.1) is 12.7 Å². The van der Waals surface area contributed by atoms with Crippen molar-refractivity contribution in [3.8, 4) is 0 Å². The van der Waals surface area contributed by atoms with Crippen LogP contribution in [0.2, 0.25) is 0 Å². The average Bonchev–Trinajstić information content (AvgIpc) is 2.45. The third-order valence-electron chi connectivity index (χ3n) is 3.09. The largest absolute Gasteiger partial charge is 0.389 e. The van der Waals surface area contributed by atoms with Crippen molar-refractivity contribution in [1.29, 1.82) is 0 Å².